The number of alkyl halides is 3. The van der Waals surface area contributed by atoms with Crippen molar-refractivity contribution in [2.45, 2.75) is 24.2 Å². The summed E-state index contributed by atoms with van der Waals surface area (Å²) in [6, 6.07) is 16.1. The Morgan fingerprint density at radius 2 is 1.36 bits per heavy atom. The molecule has 0 saturated heterocycles. The SMILES string of the molecule is COC(=O)c1ccc(CN(Cc2ccc(C(F)(F)F)cc2)S(=O)(=O)c2ccc(Cl)cc2)cc1. The third kappa shape index (κ3) is 6.13. The maximum Gasteiger partial charge on any atom is 0.416 e. The number of nitrogens with zero attached hydrogens (tertiary/aromatic N) is 1. The lowest BCUT2D eigenvalue weighted by Gasteiger charge is -2.23. The molecule has 0 heterocycles. The number of methoxy groups -OCH3 is 1. The molecule has 5 nitrogen and oxygen atoms in total. The molecule has 0 spiro atoms. The van der Waals surface area contributed by atoms with Crippen LogP contribution >= 0.6 is 11.6 Å². The van der Waals surface area contributed by atoms with Gasteiger partial charge in [-0.2, -0.15) is 17.5 Å². The molecular weight excluding hydrogens is 479 g/mol. The highest BCUT2D eigenvalue weighted by Gasteiger charge is 2.30. The molecule has 3 aromatic carbocycles. The summed E-state index contributed by atoms with van der Waals surface area (Å²) in [4.78, 5) is 11.6. The van der Waals surface area contributed by atoms with Crippen LogP contribution in [0.1, 0.15) is 27.0 Å². The van der Waals surface area contributed by atoms with Crippen LogP contribution in [-0.2, 0) is 34.0 Å². The molecule has 10 heteroatoms. The lowest BCUT2D eigenvalue weighted by molar-refractivity contribution is -0.137. The Morgan fingerprint density at radius 1 is 0.879 bits per heavy atom. The number of rotatable bonds is 7. The molecule has 0 saturated carbocycles. The first-order valence-electron chi connectivity index (χ1n) is 9.60. The van der Waals surface area contributed by atoms with Gasteiger partial charge in [0.15, 0.2) is 0 Å². The number of carbonyl (C=O) groups excluding carboxylic acids is 1. The van der Waals surface area contributed by atoms with E-state index in [1.807, 2.05) is 0 Å². The van der Waals surface area contributed by atoms with Crippen LogP contribution in [-0.4, -0.2) is 25.8 Å². The molecule has 174 valence electrons. The van der Waals surface area contributed by atoms with Crippen molar-refractivity contribution in [1.29, 1.82) is 0 Å². The van der Waals surface area contributed by atoms with Crippen LogP contribution in [0.4, 0.5) is 13.2 Å². The van der Waals surface area contributed by atoms with Crippen LogP contribution in [0.15, 0.2) is 77.7 Å². The third-order valence-electron chi connectivity index (χ3n) is 4.83. The quantitative estimate of drug-likeness (QED) is 0.402. The molecule has 0 radical (unpaired) electrons. The predicted molar refractivity (Wildman–Crippen MR) is 117 cm³/mol. The fourth-order valence-corrected chi connectivity index (χ4v) is 4.59. The van der Waals surface area contributed by atoms with Gasteiger partial charge >= 0.3 is 12.1 Å². The van der Waals surface area contributed by atoms with Gasteiger partial charge < -0.3 is 4.74 Å². The summed E-state index contributed by atoms with van der Waals surface area (Å²) in [5.74, 6) is -0.531. The summed E-state index contributed by atoms with van der Waals surface area (Å²) in [7, 11) is -2.77. The molecule has 3 aromatic rings. The standard InChI is InChI=1S/C23H19ClF3NO4S/c1-32-22(29)18-6-2-16(3-7-18)14-28(33(30,31)21-12-10-20(24)11-13-21)15-17-4-8-19(9-5-17)23(25,26)27/h2-13H,14-15H2,1H3. The monoisotopic (exact) mass is 497 g/mol. The number of hydrogen-bond donors (Lipinski definition) is 0. The highest BCUT2D eigenvalue weighted by Crippen LogP contribution is 2.30. The van der Waals surface area contributed by atoms with Gasteiger partial charge in [0, 0.05) is 18.1 Å². The van der Waals surface area contributed by atoms with Gasteiger partial charge in [-0.3, -0.25) is 0 Å². The minimum absolute atomic E-state index is 0.00927. The van der Waals surface area contributed by atoms with Crippen molar-refractivity contribution in [3.63, 3.8) is 0 Å². The average Bonchev–Trinajstić information content (AvgIpc) is 2.78. The zero-order valence-corrected chi connectivity index (χ0v) is 18.9. The van der Waals surface area contributed by atoms with Crippen molar-refractivity contribution in [3.05, 3.63) is 100 Å². The van der Waals surface area contributed by atoms with E-state index in [2.05, 4.69) is 4.74 Å². The van der Waals surface area contributed by atoms with Crippen molar-refractivity contribution < 1.29 is 31.1 Å². The Morgan fingerprint density at radius 3 is 1.82 bits per heavy atom. The maximum atomic E-state index is 13.3. The number of hydrogen-bond acceptors (Lipinski definition) is 4. The number of esters is 1. The number of ether oxygens (including phenoxy) is 1. The first-order chi connectivity index (χ1) is 15.5. The van der Waals surface area contributed by atoms with E-state index >= 15 is 0 Å². The summed E-state index contributed by atoms with van der Waals surface area (Å²) >= 11 is 5.87. The molecule has 0 N–H and O–H groups in total. The lowest BCUT2D eigenvalue weighted by atomic mass is 10.1. The predicted octanol–water partition coefficient (Wildman–Crippen LogP) is 5.54. The van der Waals surface area contributed by atoms with Crippen LogP contribution < -0.4 is 0 Å². The fraction of sp³-hybridized carbons (Fsp3) is 0.174. The summed E-state index contributed by atoms with van der Waals surface area (Å²) < 4.78 is 71.1. The molecule has 0 amide bonds. The normalized spacial score (nSPS) is 12.1. The molecule has 0 aliphatic carbocycles. The smallest absolute Gasteiger partial charge is 0.416 e. The third-order valence-corrected chi connectivity index (χ3v) is 6.88. The first-order valence-corrected chi connectivity index (χ1v) is 11.4. The number of halogens is 4. The summed E-state index contributed by atoms with van der Waals surface area (Å²) in [6.45, 7) is -0.241. The molecule has 0 fully saturated rings. The van der Waals surface area contributed by atoms with E-state index in [1.54, 1.807) is 12.1 Å². The first kappa shape index (κ1) is 24.8. The van der Waals surface area contributed by atoms with Gasteiger partial charge in [0.05, 0.1) is 23.1 Å². The highest BCUT2D eigenvalue weighted by atomic mass is 35.5. The van der Waals surface area contributed by atoms with Crippen LogP contribution in [0.3, 0.4) is 0 Å². The van der Waals surface area contributed by atoms with Gasteiger partial charge in [0.1, 0.15) is 0 Å². The van der Waals surface area contributed by atoms with Gasteiger partial charge in [0.2, 0.25) is 10.0 Å². The molecule has 0 atom stereocenters. The van der Waals surface area contributed by atoms with E-state index in [4.69, 9.17) is 11.6 Å². The molecule has 0 aromatic heterocycles. The largest absolute Gasteiger partial charge is 0.465 e. The van der Waals surface area contributed by atoms with Crippen LogP contribution in [0.2, 0.25) is 5.02 Å². The Balaban J connectivity index is 1.93. The lowest BCUT2D eigenvalue weighted by Crippen LogP contribution is -2.30. The van der Waals surface area contributed by atoms with Gasteiger partial charge in [-0.15, -0.1) is 0 Å². The maximum absolute atomic E-state index is 13.3. The molecule has 0 aliphatic rings. The van der Waals surface area contributed by atoms with E-state index in [-0.39, 0.29) is 18.0 Å². The number of sulfonamides is 1. The number of benzene rings is 3. The van der Waals surface area contributed by atoms with Gasteiger partial charge in [-0.1, -0.05) is 35.9 Å². The Bertz CT molecular complexity index is 1210. The van der Waals surface area contributed by atoms with E-state index < -0.39 is 27.7 Å². The second-order valence-electron chi connectivity index (χ2n) is 7.11. The van der Waals surface area contributed by atoms with Crippen molar-refractivity contribution in [3.8, 4) is 0 Å². The van der Waals surface area contributed by atoms with E-state index in [1.165, 1.54) is 55.6 Å². The van der Waals surface area contributed by atoms with Crippen molar-refractivity contribution in [2.24, 2.45) is 0 Å². The Kier molecular flexibility index (Phi) is 7.46. The molecule has 0 unspecified atom stereocenters. The van der Waals surface area contributed by atoms with Crippen LogP contribution in [0.5, 0.6) is 0 Å². The molecule has 0 aliphatic heterocycles. The minimum atomic E-state index is -4.49. The minimum Gasteiger partial charge on any atom is -0.465 e. The zero-order chi connectivity index (χ0) is 24.2. The zero-order valence-electron chi connectivity index (χ0n) is 17.3. The van der Waals surface area contributed by atoms with Gasteiger partial charge in [-0.05, 0) is 59.7 Å². The Hall–Kier alpha value is -2.88. The van der Waals surface area contributed by atoms with E-state index in [9.17, 15) is 26.4 Å². The van der Waals surface area contributed by atoms with Crippen LogP contribution in [0, 0.1) is 0 Å². The van der Waals surface area contributed by atoms with E-state index in [0.29, 0.717) is 21.7 Å². The topological polar surface area (TPSA) is 63.7 Å². The highest BCUT2D eigenvalue weighted by molar-refractivity contribution is 7.89. The Labute approximate surface area is 194 Å². The molecule has 33 heavy (non-hydrogen) atoms. The number of carbonyl (C=O) groups is 1. The summed E-state index contributed by atoms with van der Waals surface area (Å²) in [5.41, 5.74) is 0.437. The van der Waals surface area contributed by atoms with Gasteiger partial charge in [-0.25, -0.2) is 13.2 Å². The molecular formula is C23H19ClF3NO4S. The van der Waals surface area contributed by atoms with Crippen LogP contribution in [0.25, 0.3) is 0 Å². The summed E-state index contributed by atoms with van der Waals surface area (Å²) in [6.07, 6.45) is -4.49. The summed E-state index contributed by atoms with van der Waals surface area (Å²) in [5, 5.41) is 0.363. The molecule has 3 rings (SSSR count). The molecule has 0 bridgehead atoms. The van der Waals surface area contributed by atoms with Crippen molar-refractivity contribution in [1.82, 2.24) is 4.31 Å². The van der Waals surface area contributed by atoms with Crippen molar-refractivity contribution in [2.75, 3.05) is 7.11 Å². The average molecular weight is 498 g/mol. The van der Waals surface area contributed by atoms with E-state index in [0.717, 1.165) is 16.4 Å². The second kappa shape index (κ2) is 9.94. The second-order valence-corrected chi connectivity index (χ2v) is 9.48. The fourth-order valence-electron chi connectivity index (χ4n) is 3.05. The van der Waals surface area contributed by atoms with Crippen molar-refractivity contribution >= 4 is 27.6 Å². The van der Waals surface area contributed by atoms with Gasteiger partial charge in [0.25, 0.3) is 0 Å².